The van der Waals surface area contributed by atoms with E-state index in [1.807, 2.05) is 12.1 Å². The van der Waals surface area contributed by atoms with Crippen LogP contribution in [-0.4, -0.2) is 10.5 Å². The summed E-state index contributed by atoms with van der Waals surface area (Å²) in [6.07, 6.45) is 0. The summed E-state index contributed by atoms with van der Waals surface area (Å²) in [5.74, 6) is 0. The fourth-order valence-corrected chi connectivity index (χ4v) is 1.67. The maximum Gasteiger partial charge on any atom is 0.253 e. The lowest BCUT2D eigenvalue weighted by Gasteiger charge is -1.98. The number of nitrogens with two attached hydrogens (primary N) is 2. The van der Waals surface area contributed by atoms with Gasteiger partial charge in [0.2, 0.25) is 0 Å². The third-order valence-corrected chi connectivity index (χ3v) is 2.75. The molecule has 0 aliphatic rings. The summed E-state index contributed by atoms with van der Waals surface area (Å²) in [4.78, 5) is 21.5. The van der Waals surface area contributed by atoms with Crippen molar-refractivity contribution in [2.45, 2.75) is 0 Å². The molecule has 0 spiro atoms. The molecule has 4 N–H and O–H groups in total. The summed E-state index contributed by atoms with van der Waals surface area (Å²) in [6, 6.07) is 13.4. The maximum atomic E-state index is 10.7. The van der Waals surface area contributed by atoms with Crippen molar-refractivity contribution in [1.82, 2.24) is 0 Å². The van der Waals surface area contributed by atoms with Gasteiger partial charge in [-0.2, -0.15) is 0 Å². The molecule has 0 aliphatic heterocycles. The van der Waals surface area contributed by atoms with Gasteiger partial charge in [0.15, 0.2) is 0 Å². The molecule has 0 aliphatic carbocycles. The van der Waals surface area contributed by atoms with Crippen LogP contribution in [0.4, 0.5) is 11.4 Å². The van der Waals surface area contributed by atoms with Crippen LogP contribution in [0, 0.1) is 0 Å². The number of nitrogen functional groups attached to an aromatic ring is 2. The largest absolute Gasteiger partial charge is 0.397 e. The molecular formula is C14H12Cl2N2O2. The zero-order chi connectivity index (χ0) is 15.1. The zero-order valence-electron chi connectivity index (χ0n) is 10.3. The Bertz CT molecular complexity index is 576. The normalized spacial score (nSPS) is 9.30. The number of carbonyl (C=O) groups is 2. The number of hydrogen-bond donors (Lipinski definition) is 2. The minimum Gasteiger partial charge on any atom is -0.397 e. The summed E-state index contributed by atoms with van der Waals surface area (Å²) >= 11 is 10.4. The van der Waals surface area contributed by atoms with Crippen LogP contribution >= 0.6 is 23.2 Å². The lowest BCUT2D eigenvalue weighted by Crippen LogP contribution is -1.99. The fourth-order valence-electron chi connectivity index (χ4n) is 1.34. The number of hydrogen-bond acceptors (Lipinski definition) is 4. The highest BCUT2D eigenvalue weighted by molar-refractivity contribution is 6.71. The van der Waals surface area contributed by atoms with Crippen molar-refractivity contribution in [3.8, 4) is 0 Å². The van der Waals surface area contributed by atoms with Crippen molar-refractivity contribution < 1.29 is 9.59 Å². The first kappa shape index (κ1) is 16.0. The first-order valence-electron chi connectivity index (χ1n) is 5.52. The van der Waals surface area contributed by atoms with Crippen LogP contribution in [0.25, 0.3) is 0 Å². The quantitative estimate of drug-likeness (QED) is 0.658. The number of benzene rings is 2. The molecule has 0 atom stereocenters. The SMILES string of the molecule is Nc1ccccc1N.O=C(Cl)c1ccccc1C(=O)Cl. The molecule has 0 aromatic heterocycles. The van der Waals surface area contributed by atoms with E-state index in [0.717, 1.165) is 0 Å². The summed E-state index contributed by atoms with van der Waals surface area (Å²) in [5, 5.41) is -1.36. The van der Waals surface area contributed by atoms with E-state index in [1.165, 1.54) is 12.1 Å². The van der Waals surface area contributed by atoms with E-state index < -0.39 is 10.5 Å². The summed E-state index contributed by atoms with van der Waals surface area (Å²) in [6.45, 7) is 0. The topological polar surface area (TPSA) is 86.2 Å². The summed E-state index contributed by atoms with van der Waals surface area (Å²) < 4.78 is 0. The van der Waals surface area contributed by atoms with Gasteiger partial charge in [0.1, 0.15) is 0 Å². The molecule has 2 rings (SSSR count). The van der Waals surface area contributed by atoms with E-state index >= 15 is 0 Å². The molecule has 104 valence electrons. The Hall–Kier alpha value is -2.04. The van der Waals surface area contributed by atoms with Crippen molar-refractivity contribution in [1.29, 1.82) is 0 Å². The lowest BCUT2D eigenvalue weighted by atomic mass is 10.1. The Morgan fingerprint density at radius 3 is 1.25 bits per heavy atom. The van der Waals surface area contributed by atoms with Crippen LogP contribution in [0.15, 0.2) is 48.5 Å². The molecule has 2 aromatic carbocycles. The van der Waals surface area contributed by atoms with Crippen LogP contribution < -0.4 is 11.5 Å². The smallest absolute Gasteiger partial charge is 0.253 e. The van der Waals surface area contributed by atoms with Crippen LogP contribution in [0.3, 0.4) is 0 Å². The van der Waals surface area contributed by atoms with Crippen molar-refractivity contribution in [2.24, 2.45) is 0 Å². The van der Waals surface area contributed by atoms with Crippen LogP contribution in [-0.2, 0) is 0 Å². The van der Waals surface area contributed by atoms with Gasteiger partial charge in [-0.05, 0) is 47.5 Å². The molecule has 0 radical (unpaired) electrons. The summed E-state index contributed by atoms with van der Waals surface area (Å²) in [7, 11) is 0. The van der Waals surface area contributed by atoms with Crippen molar-refractivity contribution in [2.75, 3.05) is 11.5 Å². The standard InChI is InChI=1S/C8H4Cl2O2.C6H8N2/c9-7(11)5-3-1-2-4-6(5)8(10)12;7-5-3-1-2-4-6(5)8/h1-4H;1-4H,7-8H2. The van der Waals surface area contributed by atoms with Gasteiger partial charge in [0, 0.05) is 11.1 Å². The Morgan fingerprint density at radius 1 is 0.700 bits per heavy atom. The number of rotatable bonds is 2. The molecule has 0 unspecified atom stereocenters. The highest BCUT2D eigenvalue weighted by Gasteiger charge is 2.12. The van der Waals surface area contributed by atoms with Gasteiger partial charge in [-0.25, -0.2) is 0 Å². The molecule has 0 heterocycles. The molecule has 2 aromatic rings. The fraction of sp³-hybridized carbons (Fsp3) is 0. The van der Waals surface area contributed by atoms with Crippen LogP contribution in [0.5, 0.6) is 0 Å². The maximum absolute atomic E-state index is 10.7. The van der Waals surface area contributed by atoms with Crippen molar-refractivity contribution >= 4 is 45.1 Å². The second-order valence-electron chi connectivity index (χ2n) is 3.72. The van der Waals surface area contributed by atoms with E-state index in [0.29, 0.717) is 11.4 Å². The molecule has 0 bridgehead atoms. The van der Waals surface area contributed by atoms with Gasteiger partial charge in [-0.15, -0.1) is 0 Å². The average molecular weight is 311 g/mol. The monoisotopic (exact) mass is 310 g/mol. The molecule has 0 saturated carbocycles. The Labute approximate surface area is 126 Å². The predicted octanol–water partition coefficient (Wildman–Crippen LogP) is 3.30. The first-order valence-corrected chi connectivity index (χ1v) is 6.27. The Balaban J connectivity index is 0.000000217. The van der Waals surface area contributed by atoms with E-state index in [9.17, 15) is 9.59 Å². The molecule has 6 heteroatoms. The summed E-state index contributed by atoms with van der Waals surface area (Å²) in [5.41, 5.74) is 12.4. The van der Waals surface area contributed by atoms with Gasteiger partial charge in [0.05, 0.1) is 11.4 Å². The second kappa shape index (κ2) is 7.53. The Morgan fingerprint density at radius 2 is 1.00 bits per heavy atom. The minimum absolute atomic E-state index is 0.138. The van der Waals surface area contributed by atoms with E-state index in [-0.39, 0.29) is 11.1 Å². The Kier molecular flexibility index (Phi) is 6.03. The van der Waals surface area contributed by atoms with E-state index in [4.69, 9.17) is 34.7 Å². The molecule has 0 saturated heterocycles. The third-order valence-electron chi connectivity index (χ3n) is 2.35. The predicted molar refractivity (Wildman–Crippen MR) is 82.1 cm³/mol. The highest BCUT2D eigenvalue weighted by Crippen LogP contribution is 2.13. The van der Waals surface area contributed by atoms with E-state index in [2.05, 4.69) is 0 Å². The molecule has 4 nitrogen and oxygen atoms in total. The van der Waals surface area contributed by atoms with Gasteiger partial charge < -0.3 is 11.5 Å². The van der Waals surface area contributed by atoms with Gasteiger partial charge in [-0.1, -0.05) is 24.3 Å². The van der Waals surface area contributed by atoms with Gasteiger partial charge >= 0.3 is 0 Å². The zero-order valence-corrected chi connectivity index (χ0v) is 11.9. The van der Waals surface area contributed by atoms with Crippen molar-refractivity contribution in [3.63, 3.8) is 0 Å². The molecule has 0 amide bonds. The van der Waals surface area contributed by atoms with Gasteiger partial charge in [0.25, 0.3) is 10.5 Å². The number of halogens is 2. The number of carbonyl (C=O) groups excluding carboxylic acids is 2. The van der Waals surface area contributed by atoms with Crippen LogP contribution in [0.2, 0.25) is 0 Å². The third kappa shape index (κ3) is 4.57. The number of anilines is 2. The van der Waals surface area contributed by atoms with Gasteiger partial charge in [-0.3, -0.25) is 9.59 Å². The van der Waals surface area contributed by atoms with Crippen molar-refractivity contribution in [3.05, 3.63) is 59.7 Å². The number of para-hydroxylation sites is 2. The molecule has 20 heavy (non-hydrogen) atoms. The average Bonchev–Trinajstić information content (AvgIpc) is 2.43. The highest BCUT2D eigenvalue weighted by atomic mass is 35.5. The van der Waals surface area contributed by atoms with Crippen LogP contribution in [0.1, 0.15) is 20.7 Å². The molecule has 0 fully saturated rings. The first-order chi connectivity index (χ1) is 9.43. The lowest BCUT2D eigenvalue weighted by molar-refractivity contribution is 0.105. The second-order valence-corrected chi connectivity index (χ2v) is 4.41. The minimum atomic E-state index is -0.681. The molecular weight excluding hydrogens is 299 g/mol. The van der Waals surface area contributed by atoms with E-state index in [1.54, 1.807) is 24.3 Å².